The number of aromatic carboxylic acids is 1. The van der Waals surface area contributed by atoms with Crippen LogP contribution in [0, 0.1) is 5.41 Å². The van der Waals surface area contributed by atoms with Crippen molar-refractivity contribution in [3.05, 3.63) is 47.5 Å². The van der Waals surface area contributed by atoms with Crippen molar-refractivity contribution >= 4 is 17.0 Å². The number of hydrogen-bond donors (Lipinski definition) is 2. The second-order valence-electron chi connectivity index (χ2n) is 8.82. The fourth-order valence-corrected chi connectivity index (χ4v) is 3.69. The summed E-state index contributed by atoms with van der Waals surface area (Å²) >= 11 is 0. The first-order chi connectivity index (χ1) is 12.5. The van der Waals surface area contributed by atoms with Gasteiger partial charge in [0.25, 0.3) is 0 Å². The van der Waals surface area contributed by atoms with E-state index in [2.05, 4.69) is 44.8 Å². The molecule has 3 aromatic rings. The topological polar surface area (TPSA) is 88.2 Å². The van der Waals surface area contributed by atoms with Gasteiger partial charge in [-0.15, -0.1) is 15.0 Å². The molecule has 6 nitrogen and oxygen atoms in total. The van der Waals surface area contributed by atoms with Gasteiger partial charge in [-0.2, -0.15) is 0 Å². The fourth-order valence-electron chi connectivity index (χ4n) is 3.69. The summed E-state index contributed by atoms with van der Waals surface area (Å²) < 4.78 is 0. The number of aromatic nitrogens is 3. The van der Waals surface area contributed by atoms with Crippen molar-refractivity contribution in [2.24, 2.45) is 5.41 Å². The van der Waals surface area contributed by atoms with Crippen molar-refractivity contribution in [1.82, 2.24) is 15.0 Å². The molecule has 0 saturated carbocycles. The number of benzene rings is 2. The molecule has 0 aliphatic carbocycles. The summed E-state index contributed by atoms with van der Waals surface area (Å²) in [4.78, 5) is 12.5. The van der Waals surface area contributed by atoms with Gasteiger partial charge in [0.2, 0.25) is 0 Å². The van der Waals surface area contributed by atoms with Crippen molar-refractivity contribution in [2.75, 3.05) is 0 Å². The molecule has 0 atom stereocenters. The highest BCUT2D eigenvalue weighted by atomic mass is 16.4. The number of nitrogens with zero attached hydrogens (tertiary/aromatic N) is 3. The third-order valence-electron chi connectivity index (χ3n) is 4.57. The number of carboxylic acid groups (broad SMARTS) is 1. The summed E-state index contributed by atoms with van der Waals surface area (Å²) in [7, 11) is 0. The molecular weight excluding hydrogens is 342 g/mol. The molecule has 27 heavy (non-hydrogen) atoms. The molecular formula is C21H25N3O3. The van der Waals surface area contributed by atoms with Gasteiger partial charge >= 0.3 is 5.97 Å². The van der Waals surface area contributed by atoms with Gasteiger partial charge in [-0.25, -0.2) is 4.79 Å². The molecule has 6 heteroatoms. The number of carboxylic acids is 1. The van der Waals surface area contributed by atoms with Gasteiger partial charge in [0.05, 0.1) is 5.56 Å². The van der Waals surface area contributed by atoms with E-state index in [0.29, 0.717) is 16.7 Å². The van der Waals surface area contributed by atoms with E-state index in [0.717, 1.165) is 12.0 Å². The van der Waals surface area contributed by atoms with Gasteiger partial charge in [-0.05, 0) is 53.1 Å². The minimum Gasteiger partial charge on any atom is -0.506 e. The molecule has 142 valence electrons. The minimum atomic E-state index is -1.01. The predicted octanol–water partition coefficient (Wildman–Crippen LogP) is 4.54. The zero-order valence-electron chi connectivity index (χ0n) is 16.3. The third-order valence-corrected chi connectivity index (χ3v) is 4.57. The first kappa shape index (κ1) is 18.9. The maximum Gasteiger partial charge on any atom is 0.335 e. The SMILES string of the molecule is CC(C)(C)CC(C)(C)c1ccc(O)c(-n2nc3ccc(C(=O)O)cc3n2)c1. The molecule has 1 heterocycles. The van der Waals surface area contributed by atoms with Crippen molar-refractivity contribution in [3.63, 3.8) is 0 Å². The molecule has 2 aromatic carbocycles. The van der Waals surface area contributed by atoms with E-state index in [-0.39, 0.29) is 22.1 Å². The van der Waals surface area contributed by atoms with E-state index in [9.17, 15) is 9.90 Å². The van der Waals surface area contributed by atoms with Crippen LogP contribution in [-0.4, -0.2) is 31.2 Å². The van der Waals surface area contributed by atoms with Crippen LogP contribution in [0.1, 0.15) is 57.0 Å². The Morgan fingerprint density at radius 1 is 1.00 bits per heavy atom. The maximum absolute atomic E-state index is 11.1. The second-order valence-corrected chi connectivity index (χ2v) is 8.82. The first-order valence-electron chi connectivity index (χ1n) is 8.91. The van der Waals surface area contributed by atoms with Gasteiger partial charge in [0.1, 0.15) is 22.5 Å². The van der Waals surface area contributed by atoms with E-state index in [1.54, 1.807) is 12.1 Å². The Bertz CT molecular complexity index is 1010. The van der Waals surface area contributed by atoms with Crippen molar-refractivity contribution in [3.8, 4) is 11.4 Å². The van der Waals surface area contributed by atoms with Gasteiger partial charge in [-0.3, -0.25) is 0 Å². The molecule has 2 N–H and O–H groups in total. The average Bonchev–Trinajstić information content (AvgIpc) is 2.95. The summed E-state index contributed by atoms with van der Waals surface area (Å²) in [5.41, 5.74) is 2.81. The number of carbonyl (C=O) groups is 1. The molecule has 0 fully saturated rings. The standard InChI is InChI=1S/C21H25N3O3/c1-20(2,3)12-21(4,5)14-7-9-18(25)17(11-14)24-22-15-8-6-13(19(26)27)10-16(15)23-24/h6-11,25H,12H2,1-5H3,(H,26,27). The van der Waals surface area contributed by atoms with Crippen LogP contribution < -0.4 is 0 Å². The Kier molecular flexibility index (Phi) is 4.46. The molecule has 0 spiro atoms. The Morgan fingerprint density at radius 3 is 2.30 bits per heavy atom. The van der Waals surface area contributed by atoms with E-state index < -0.39 is 5.97 Å². The Morgan fingerprint density at radius 2 is 1.67 bits per heavy atom. The summed E-state index contributed by atoms with van der Waals surface area (Å²) in [6.07, 6.45) is 0.973. The zero-order chi connectivity index (χ0) is 20.0. The minimum absolute atomic E-state index is 0.0732. The molecule has 0 amide bonds. The van der Waals surface area contributed by atoms with Gasteiger partial charge in [-0.1, -0.05) is 40.7 Å². The number of phenolic OH excluding ortho intramolecular Hbond substituents is 1. The molecule has 0 radical (unpaired) electrons. The molecule has 0 saturated heterocycles. The summed E-state index contributed by atoms with van der Waals surface area (Å²) in [5.74, 6) is -0.940. The highest BCUT2D eigenvalue weighted by Crippen LogP contribution is 2.38. The van der Waals surface area contributed by atoms with Crippen LogP contribution in [0.2, 0.25) is 0 Å². The van der Waals surface area contributed by atoms with Crippen LogP contribution in [0.3, 0.4) is 0 Å². The van der Waals surface area contributed by atoms with Crippen LogP contribution >= 0.6 is 0 Å². The van der Waals surface area contributed by atoms with Crippen LogP contribution in [0.15, 0.2) is 36.4 Å². The average molecular weight is 367 g/mol. The summed E-state index contributed by atoms with van der Waals surface area (Å²) in [6, 6.07) is 10.1. The van der Waals surface area contributed by atoms with Crippen LogP contribution in [-0.2, 0) is 5.41 Å². The quantitative estimate of drug-likeness (QED) is 0.707. The molecule has 0 aliphatic heterocycles. The second kappa shape index (κ2) is 6.37. The first-order valence-corrected chi connectivity index (χ1v) is 8.91. The van der Waals surface area contributed by atoms with Crippen molar-refractivity contribution in [1.29, 1.82) is 0 Å². The van der Waals surface area contributed by atoms with E-state index >= 15 is 0 Å². The molecule has 3 rings (SSSR count). The smallest absolute Gasteiger partial charge is 0.335 e. The van der Waals surface area contributed by atoms with Gasteiger partial charge in [0, 0.05) is 0 Å². The lowest BCUT2D eigenvalue weighted by molar-refractivity contribution is 0.0697. The van der Waals surface area contributed by atoms with Crippen LogP contribution in [0.4, 0.5) is 0 Å². The van der Waals surface area contributed by atoms with Gasteiger partial charge in [0.15, 0.2) is 0 Å². The molecule has 1 aromatic heterocycles. The molecule has 0 aliphatic rings. The number of rotatable bonds is 4. The summed E-state index contributed by atoms with van der Waals surface area (Å²) in [5, 5.41) is 28.3. The third kappa shape index (κ3) is 3.94. The normalized spacial score (nSPS) is 12.5. The van der Waals surface area contributed by atoms with E-state index in [1.807, 2.05) is 12.1 Å². The maximum atomic E-state index is 11.1. The highest BCUT2D eigenvalue weighted by molar-refractivity contribution is 5.92. The van der Waals surface area contributed by atoms with Crippen molar-refractivity contribution < 1.29 is 15.0 Å². The molecule has 0 unspecified atom stereocenters. The van der Waals surface area contributed by atoms with Crippen LogP contribution in [0.25, 0.3) is 16.7 Å². The fraction of sp³-hybridized carbons (Fsp3) is 0.381. The largest absolute Gasteiger partial charge is 0.506 e. The van der Waals surface area contributed by atoms with Crippen LogP contribution in [0.5, 0.6) is 5.75 Å². The zero-order valence-corrected chi connectivity index (χ0v) is 16.3. The number of phenols is 1. The predicted molar refractivity (Wildman–Crippen MR) is 105 cm³/mol. The lowest BCUT2D eigenvalue weighted by atomic mass is 9.72. The summed E-state index contributed by atoms with van der Waals surface area (Å²) in [6.45, 7) is 11.0. The Labute approximate surface area is 158 Å². The number of hydrogen-bond acceptors (Lipinski definition) is 4. The number of aromatic hydroxyl groups is 1. The Balaban J connectivity index is 2.06. The highest BCUT2D eigenvalue weighted by Gasteiger charge is 2.28. The monoisotopic (exact) mass is 367 g/mol. The lowest BCUT2D eigenvalue weighted by Gasteiger charge is -2.33. The lowest BCUT2D eigenvalue weighted by Crippen LogP contribution is -2.25. The van der Waals surface area contributed by atoms with E-state index in [4.69, 9.17) is 5.11 Å². The van der Waals surface area contributed by atoms with Gasteiger partial charge < -0.3 is 10.2 Å². The number of fused-ring (bicyclic) bond motifs is 1. The van der Waals surface area contributed by atoms with E-state index in [1.165, 1.54) is 16.9 Å². The Hall–Kier alpha value is -2.89. The molecule has 0 bridgehead atoms. The van der Waals surface area contributed by atoms with Crippen molar-refractivity contribution in [2.45, 2.75) is 46.5 Å².